The minimum atomic E-state index is 1.07. The molecule has 3 heteroatoms. The molecule has 4 aromatic rings. The zero-order valence-corrected chi connectivity index (χ0v) is 13.6. The van der Waals surface area contributed by atoms with Crippen LogP contribution in [-0.2, 0) is 0 Å². The average Bonchev–Trinajstić information content (AvgIpc) is 3.04. The molecule has 3 nitrogen and oxygen atoms in total. The summed E-state index contributed by atoms with van der Waals surface area (Å²) in [5, 5.41) is 1.20. The van der Waals surface area contributed by atoms with Gasteiger partial charge in [-0.15, -0.1) is 0 Å². The second kappa shape index (κ2) is 6.97. The summed E-state index contributed by atoms with van der Waals surface area (Å²) < 4.78 is 0. The van der Waals surface area contributed by atoms with E-state index in [1.807, 2.05) is 42.7 Å². The largest absolute Gasteiger partial charge is 0.355 e. The highest BCUT2D eigenvalue weighted by Gasteiger charge is 2.06. The Hall–Kier alpha value is -3.46. The van der Waals surface area contributed by atoms with Gasteiger partial charge in [-0.3, -0.25) is 9.97 Å². The molecule has 0 aliphatic rings. The number of para-hydroxylation sites is 1. The lowest BCUT2D eigenvalue weighted by molar-refractivity contribution is 1.32. The lowest BCUT2D eigenvalue weighted by Crippen LogP contribution is -1.78. The van der Waals surface area contributed by atoms with E-state index in [4.69, 9.17) is 0 Å². The fourth-order valence-corrected chi connectivity index (χ4v) is 2.80. The van der Waals surface area contributed by atoms with Crippen LogP contribution in [0.3, 0.4) is 0 Å². The number of nitrogens with one attached hydrogen (secondary N) is 1. The van der Waals surface area contributed by atoms with Gasteiger partial charge in [-0.25, -0.2) is 0 Å². The average molecular weight is 323 g/mol. The summed E-state index contributed by atoms with van der Waals surface area (Å²) in [6.45, 7) is 0. The third kappa shape index (κ3) is 3.40. The van der Waals surface area contributed by atoms with Gasteiger partial charge in [0.15, 0.2) is 0 Å². The van der Waals surface area contributed by atoms with E-state index in [9.17, 15) is 0 Å². The maximum atomic E-state index is 4.17. The molecule has 120 valence electrons. The van der Waals surface area contributed by atoms with E-state index < -0.39 is 0 Å². The molecular formula is C22H17N3. The van der Waals surface area contributed by atoms with Crippen molar-refractivity contribution < 1.29 is 0 Å². The summed E-state index contributed by atoms with van der Waals surface area (Å²) in [6.07, 6.45) is 15.7. The Kier molecular flexibility index (Phi) is 4.21. The molecule has 1 N–H and O–H groups in total. The maximum Gasteiger partial charge on any atom is 0.0465 e. The first-order valence-corrected chi connectivity index (χ1v) is 8.17. The van der Waals surface area contributed by atoms with Crippen LogP contribution in [0.15, 0.2) is 73.3 Å². The van der Waals surface area contributed by atoms with Gasteiger partial charge in [-0.1, -0.05) is 48.6 Å². The molecule has 0 amide bonds. The molecule has 0 saturated carbocycles. The minimum absolute atomic E-state index is 1.07. The van der Waals surface area contributed by atoms with Crippen molar-refractivity contribution in [3.63, 3.8) is 0 Å². The topological polar surface area (TPSA) is 41.6 Å². The highest BCUT2D eigenvalue weighted by molar-refractivity contribution is 5.96. The van der Waals surface area contributed by atoms with Gasteiger partial charge in [0.05, 0.1) is 0 Å². The minimum Gasteiger partial charge on any atom is -0.355 e. The summed E-state index contributed by atoms with van der Waals surface area (Å²) in [6, 6.07) is 16.3. The number of hydrogen-bond acceptors (Lipinski definition) is 2. The fourth-order valence-electron chi connectivity index (χ4n) is 2.80. The van der Waals surface area contributed by atoms with Crippen molar-refractivity contribution in [2.24, 2.45) is 0 Å². The van der Waals surface area contributed by atoms with Crippen molar-refractivity contribution in [3.05, 3.63) is 95.7 Å². The Morgan fingerprint density at radius 1 is 0.680 bits per heavy atom. The van der Waals surface area contributed by atoms with Crippen LogP contribution in [-0.4, -0.2) is 15.0 Å². The van der Waals surface area contributed by atoms with Gasteiger partial charge in [0.25, 0.3) is 0 Å². The van der Waals surface area contributed by atoms with Crippen LogP contribution in [0.1, 0.15) is 22.4 Å². The summed E-state index contributed by atoms with van der Waals surface area (Å²) in [5.74, 6) is 0. The molecule has 0 aliphatic heterocycles. The molecule has 0 bridgehead atoms. The number of hydrogen-bond donors (Lipinski definition) is 1. The number of aromatic amines is 1. The van der Waals surface area contributed by atoms with Gasteiger partial charge in [0, 0.05) is 46.9 Å². The lowest BCUT2D eigenvalue weighted by Gasteiger charge is -1.96. The first-order chi connectivity index (χ1) is 12.4. The van der Waals surface area contributed by atoms with Crippen molar-refractivity contribution >= 4 is 35.2 Å². The molecular weight excluding hydrogens is 306 g/mol. The Morgan fingerprint density at radius 3 is 2.04 bits per heavy atom. The van der Waals surface area contributed by atoms with Crippen LogP contribution in [0.5, 0.6) is 0 Å². The van der Waals surface area contributed by atoms with Gasteiger partial charge >= 0.3 is 0 Å². The Bertz CT molecular complexity index is 1030. The number of benzene rings is 1. The summed E-state index contributed by atoms with van der Waals surface area (Å²) in [7, 11) is 0. The molecule has 0 saturated heterocycles. The van der Waals surface area contributed by atoms with Crippen LogP contribution in [0.4, 0.5) is 0 Å². The monoisotopic (exact) mass is 323 g/mol. The molecule has 1 aromatic carbocycles. The second-order valence-electron chi connectivity index (χ2n) is 5.74. The zero-order valence-electron chi connectivity index (χ0n) is 13.6. The molecule has 25 heavy (non-hydrogen) atoms. The van der Waals surface area contributed by atoms with E-state index in [-0.39, 0.29) is 0 Å². The van der Waals surface area contributed by atoms with E-state index >= 15 is 0 Å². The van der Waals surface area contributed by atoms with Gasteiger partial charge in [-0.05, 0) is 35.4 Å². The van der Waals surface area contributed by atoms with Crippen molar-refractivity contribution in [1.29, 1.82) is 0 Å². The molecule has 0 atom stereocenters. The van der Waals surface area contributed by atoms with Crippen LogP contribution < -0.4 is 0 Å². The van der Waals surface area contributed by atoms with Gasteiger partial charge in [0.1, 0.15) is 0 Å². The molecule has 3 aromatic heterocycles. The number of H-pyrrole nitrogens is 1. The number of pyridine rings is 2. The highest BCUT2D eigenvalue weighted by Crippen LogP contribution is 2.26. The number of nitrogens with zero attached hydrogens (tertiary/aromatic N) is 2. The first-order valence-electron chi connectivity index (χ1n) is 8.17. The van der Waals surface area contributed by atoms with Crippen molar-refractivity contribution in [1.82, 2.24) is 15.0 Å². The maximum absolute atomic E-state index is 4.17. The third-order valence-corrected chi connectivity index (χ3v) is 4.03. The van der Waals surface area contributed by atoms with E-state index in [1.165, 1.54) is 10.9 Å². The predicted molar refractivity (Wildman–Crippen MR) is 105 cm³/mol. The fraction of sp³-hybridized carbons (Fsp3) is 0. The van der Waals surface area contributed by atoms with Crippen molar-refractivity contribution in [2.75, 3.05) is 0 Å². The Labute approximate surface area is 146 Å². The normalized spacial score (nSPS) is 11.7. The van der Waals surface area contributed by atoms with E-state index in [1.54, 1.807) is 12.4 Å². The summed E-state index contributed by atoms with van der Waals surface area (Å²) in [4.78, 5) is 11.8. The van der Waals surface area contributed by atoms with Crippen molar-refractivity contribution in [2.45, 2.75) is 0 Å². The number of fused-ring (bicyclic) bond motifs is 1. The number of aromatic nitrogens is 3. The summed E-state index contributed by atoms with van der Waals surface area (Å²) in [5.41, 5.74) is 5.52. The lowest BCUT2D eigenvalue weighted by atomic mass is 10.1. The molecule has 0 aliphatic carbocycles. The standard InChI is InChI=1S/C22H17N3/c1-2-8-21-19(7-1)20(11-9-17-5-3-13-23-15-17)22(25-21)12-10-18-6-4-14-24-16-18/h1-16,25H/b11-9+,12-10+. The first kappa shape index (κ1) is 15.1. The van der Waals surface area contributed by atoms with Crippen LogP contribution in [0.25, 0.3) is 35.2 Å². The van der Waals surface area contributed by atoms with E-state index in [2.05, 4.69) is 57.5 Å². The van der Waals surface area contributed by atoms with Crippen LogP contribution in [0, 0.1) is 0 Å². The molecule has 4 rings (SSSR count). The highest BCUT2D eigenvalue weighted by atomic mass is 14.7. The van der Waals surface area contributed by atoms with E-state index in [0.29, 0.717) is 0 Å². The summed E-state index contributed by atoms with van der Waals surface area (Å²) >= 11 is 0. The predicted octanol–water partition coefficient (Wildman–Crippen LogP) is 5.30. The van der Waals surface area contributed by atoms with Gasteiger partial charge in [-0.2, -0.15) is 0 Å². The molecule has 0 radical (unpaired) electrons. The van der Waals surface area contributed by atoms with Crippen LogP contribution >= 0.6 is 0 Å². The molecule has 0 unspecified atom stereocenters. The van der Waals surface area contributed by atoms with Gasteiger partial charge < -0.3 is 4.98 Å². The third-order valence-electron chi connectivity index (χ3n) is 4.03. The second-order valence-corrected chi connectivity index (χ2v) is 5.74. The van der Waals surface area contributed by atoms with Gasteiger partial charge in [0.2, 0.25) is 0 Å². The quantitative estimate of drug-likeness (QED) is 0.554. The SMILES string of the molecule is C(=C\c1[nH]c2ccccc2c1/C=C/c1cccnc1)/c1cccnc1. The smallest absolute Gasteiger partial charge is 0.0465 e. The number of rotatable bonds is 4. The Balaban J connectivity index is 1.76. The molecule has 0 spiro atoms. The van der Waals surface area contributed by atoms with Crippen molar-refractivity contribution in [3.8, 4) is 0 Å². The van der Waals surface area contributed by atoms with E-state index in [0.717, 1.165) is 22.3 Å². The van der Waals surface area contributed by atoms with Crippen LogP contribution in [0.2, 0.25) is 0 Å². The molecule has 0 fully saturated rings. The zero-order chi connectivity index (χ0) is 16.9. The molecule has 3 heterocycles. The Morgan fingerprint density at radius 2 is 1.36 bits per heavy atom.